The number of nitrogens with zero attached hydrogens (tertiary/aromatic N) is 1. The lowest BCUT2D eigenvalue weighted by molar-refractivity contribution is 0.249. The number of carbonyl (C=O) groups is 1. The molecule has 0 saturated heterocycles. The number of hydrazone groups is 1. The SMILES string of the molecule is C=CCC1CC(C)C/C1=N\NC(N)=O. The first-order chi connectivity index (χ1) is 6.63. The van der Waals surface area contributed by atoms with Crippen molar-refractivity contribution >= 4 is 11.7 Å². The lowest BCUT2D eigenvalue weighted by Crippen LogP contribution is -2.26. The lowest BCUT2D eigenvalue weighted by atomic mass is 10.0. The van der Waals surface area contributed by atoms with Crippen molar-refractivity contribution in [2.45, 2.75) is 26.2 Å². The average molecular weight is 195 g/mol. The van der Waals surface area contributed by atoms with Gasteiger partial charge in [0, 0.05) is 11.6 Å². The minimum absolute atomic E-state index is 0.425. The smallest absolute Gasteiger partial charge is 0.332 e. The van der Waals surface area contributed by atoms with Crippen LogP contribution in [0.2, 0.25) is 0 Å². The molecule has 14 heavy (non-hydrogen) atoms. The van der Waals surface area contributed by atoms with Crippen molar-refractivity contribution in [3.8, 4) is 0 Å². The average Bonchev–Trinajstić information content (AvgIpc) is 2.44. The number of rotatable bonds is 3. The Balaban J connectivity index is 2.60. The molecule has 1 aliphatic rings. The number of urea groups is 1. The summed E-state index contributed by atoms with van der Waals surface area (Å²) in [6.07, 6.45) is 4.87. The van der Waals surface area contributed by atoms with Gasteiger partial charge in [0.15, 0.2) is 0 Å². The molecule has 0 spiro atoms. The van der Waals surface area contributed by atoms with Gasteiger partial charge in [0.05, 0.1) is 0 Å². The minimum atomic E-state index is -0.602. The van der Waals surface area contributed by atoms with Gasteiger partial charge in [-0.25, -0.2) is 10.2 Å². The van der Waals surface area contributed by atoms with Crippen LogP contribution in [-0.4, -0.2) is 11.7 Å². The Morgan fingerprint density at radius 1 is 1.86 bits per heavy atom. The van der Waals surface area contributed by atoms with Crippen molar-refractivity contribution in [2.75, 3.05) is 0 Å². The molecule has 1 fully saturated rings. The molecule has 0 radical (unpaired) electrons. The molecule has 0 aromatic rings. The van der Waals surface area contributed by atoms with Gasteiger partial charge in [-0.3, -0.25) is 0 Å². The van der Waals surface area contributed by atoms with Crippen LogP contribution in [0.4, 0.5) is 4.79 Å². The van der Waals surface area contributed by atoms with Gasteiger partial charge in [-0.15, -0.1) is 6.58 Å². The molecule has 0 aromatic carbocycles. The number of hydrogen-bond donors (Lipinski definition) is 2. The van der Waals surface area contributed by atoms with Crippen LogP contribution in [-0.2, 0) is 0 Å². The molecule has 4 heteroatoms. The number of amides is 2. The maximum absolute atomic E-state index is 10.5. The molecule has 1 saturated carbocycles. The first-order valence-corrected chi connectivity index (χ1v) is 4.86. The van der Waals surface area contributed by atoms with Crippen LogP contribution >= 0.6 is 0 Å². The highest BCUT2D eigenvalue weighted by atomic mass is 16.2. The van der Waals surface area contributed by atoms with Gasteiger partial charge in [-0.05, 0) is 25.2 Å². The van der Waals surface area contributed by atoms with Crippen molar-refractivity contribution < 1.29 is 4.79 Å². The number of nitrogens with one attached hydrogen (secondary N) is 1. The molecule has 4 nitrogen and oxygen atoms in total. The zero-order valence-corrected chi connectivity index (χ0v) is 8.49. The Kier molecular flexibility index (Phi) is 3.68. The Labute approximate surface area is 84.2 Å². The van der Waals surface area contributed by atoms with E-state index in [1.54, 1.807) is 0 Å². The number of carbonyl (C=O) groups excluding carboxylic acids is 1. The molecule has 1 aliphatic carbocycles. The third kappa shape index (κ3) is 2.87. The highest BCUT2D eigenvalue weighted by Crippen LogP contribution is 2.30. The van der Waals surface area contributed by atoms with Crippen molar-refractivity contribution in [3.63, 3.8) is 0 Å². The van der Waals surface area contributed by atoms with E-state index in [1.165, 1.54) is 0 Å². The van der Waals surface area contributed by atoms with E-state index >= 15 is 0 Å². The fraction of sp³-hybridized carbons (Fsp3) is 0.600. The highest BCUT2D eigenvalue weighted by Gasteiger charge is 2.27. The van der Waals surface area contributed by atoms with Gasteiger partial charge < -0.3 is 5.73 Å². The molecule has 3 N–H and O–H groups in total. The maximum atomic E-state index is 10.5. The van der Waals surface area contributed by atoms with E-state index in [0.29, 0.717) is 11.8 Å². The maximum Gasteiger partial charge on any atom is 0.332 e. The van der Waals surface area contributed by atoms with Gasteiger partial charge in [0.2, 0.25) is 0 Å². The van der Waals surface area contributed by atoms with Gasteiger partial charge >= 0.3 is 6.03 Å². The lowest BCUT2D eigenvalue weighted by Gasteiger charge is -2.06. The third-order valence-electron chi connectivity index (χ3n) is 2.48. The van der Waals surface area contributed by atoms with E-state index in [2.05, 4.69) is 24.0 Å². The van der Waals surface area contributed by atoms with Gasteiger partial charge in [-0.1, -0.05) is 13.0 Å². The van der Waals surface area contributed by atoms with Gasteiger partial charge in [0.25, 0.3) is 0 Å². The van der Waals surface area contributed by atoms with Crippen LogP contribution in [0.25, 0.3) is 0 Å². The minimum Gasteiger partial charge on any atom is -0.350 e. The molecular weight excluding hydrogens is 178 g/mol. The monoisotopic (exact) mass is 195 g/mol. The molecule has 0 aliphatic heterocycles. The molecule has 2 atom stereocenters. The Hall–Kier alpha value is -1.32. The van der Waals surface area contributed by atoms with Crippen molar-refractivity contribution in [3.05, 3.63) is 12.7 Å². The summed E-state index contributed by atoms with van der Waals surface area (Å²) in [6, 6.07) is -0.602. The number of allylic oxidation sites excluding steroid dienone is 1. The fourth-order valence-electron chi connectivity index (χ4n) is 1.93. The van der Waals surface area contributed by atoms with Gasteiger partial charge in [0.1, 0.15) is 0 Å². The third-order valence-corrected chi connectivity index (χ3v) is 2.48. The predicted octanol–water partition coefficient (Wildman–Crippen LogP) is 1.63. The van der Waals surface area contributed by atoms with Crippen LogP contribution in [0.3, 0.4) is 0 Å². The van der Waals surface area contributed by atoms with Gasteiger partial charge in [-0.2, -0.15) is 5.10 Å². The predicted molar refractivity (Wildman–Crippen MR) is 56.9 cm³/mol. The first-order valence-electron chi connectivity index (χ1n) is 4.86. The van der Waals surface area contributed by atoms with Crippen LogP contribution < -0.4 is 11.2 Å². The molecule has 0 aromatic heterocycles. The Morgan fingerprint density at radius 3 is 3.14 bits per heavy atom. The summed E-state index contributed by atoms with van der Waals surface area (Å²) in [4.78, 5) is 10.5. The zero-order valence-electron chi connectivity index (χ0n) is 8.49. The van der Waals surface area contributed by atoms with E-state index in [9.17, 15) is 4.79 Å². The van der Waals surface area contributed by atoms with Crippen molar-refractivity contribution in [1.82, 2.24) is 5.43 Å². The molecule has 2 unspecified atom stereocenters. The van der Waals surface area contributed by atoms with E-state index in [-0.39, 0.29) is 0 Å². The molecule has 1 rings (SSSR count). The first kappa shape index (κ1) is 10.8. The summed E-state index contributed by atoms with van der Waals surface area (Å²) in [5.74, 6) is 1.06. The molecular formula is C10H17N3O. The second-order valence-corrected chi connectivity index (χ2v) is 3.85. The van der Waals surface area contributed by atoms with Crippen LogP contribution in [0.15, 0.2) is 17.8 Å². The topological polar surface area (TPSA) is 67.5 Å². The summed E-state index contributed by atoms with van der Waals surface area (Å²) >= 11 is 0. The standard InChI is InChI=1S/C10H17N3O/c1-3-4-8-5-7(2)6-9(8)12-13-10(11)14/h3,7-8H,1,4-6H2,2H3,(H3,11,13,14)/b12-9+. The summed E-state index contributed by atoms with van der Waals surface area (Å²) < 4.78 is 0. The summed E-state index contributed by atoms with van der Waals surface area (Å²) in [5, 5.41) is 4.02. The van der Waals surface area contributed by atoms with E-state index in [4.69, 9.17) is 5.73 Å². The van der Waals surface area contributed by atoms with E-state index in [0.717, 1.165) is 25.0 Å². The molecule has 0 heterocycles. The quantitative estimate of drug-likeness (QED) is 0.521. The number of nitrogens with two attached hydrogens (primary N) is 1. The summed E-state index contributed by atoms with van der Waals surface area (Å²) in [6.45, 7) is 5.90. The van der Waals surface area contributed by atoms with E-state index in [1.807, 2.05) is 6.08 Å². The van der Waals surface area contributed by atoms with Crippen molar-refractivity contribution in [1.29, 1.82) is 0 Å². The number of primary amides is 1. The molecule has 0 bridgehead atoms. The highest BCUT2D eigenvalue weighted by molar-refractivity contribution is 5.90. The summed E-state index contributed by atoms with van der Waals surface area (Å²) in [5.41, 5.74) is 8.27. The van der Waals surface area contributed by atoms with Crippen LogP contribution in [0.5, 0.6) is 0 Å². The molecule has 2 amide bonds. The largest absolute Gasteiger partial charge is 0.350 e. The van der Waals surface area contributed by atoms with E-state index < -0.39 is 6.03 Å². The normalized spacial score (nSPS) is 29.1. The molecule has 78 valence electrons. The Bertz CT molecular complexity index is 260. The van der Waals surface area contributed by atoms with Crippen LogP contribution in [0, 0.1) is 11.8 Å². The second-order valence-electron chi connectivity index (χ2n) is 3.85. The fourth-order valence-corrected chi connectivity index (χ4v) is 1.93. The zero-order chi connectivity index (χ0) is 10.6. The van der Waals surface area contributed by atoms with Crippen molar-refractivity contribution in [2.24, 2.45) is 22.7 Å². The number of hydrogen-bond acceptors (Lipinski definition) is 2. The summed E-state index contributed by atoms with van der Waals surface area (Å²) in [7, 11) is 0. The second kappa shape index (κ2) is 4.79. The van der Waals surface area contributed by atoms with Crippen LogP contribution in [0.1, 0.15) is 26.2 Å². The Morgan fingerprint density at radius 2 is 2.57 bits per heavy atom.